The molecule has 0 spiro atoms. The minimum Gasteiger partial charge on any atom is -0.490 e. The summed E-state index contributed by atoms with van der Waals surface area (Å²) in [4.78, 5) is 40.4. The molecule has 0 atom stereocenters. The van der Waals surface area contributed by atoms with E-state index in [0.717, 1.165) is 40.8 Å². The van der Waals surface area contributed by atoms with Crippen molar-refractivity contribution in [3.63, 3.8) is 0 Å². The van der Waals surface area contributed by atoms with Crippen LogP contribution in [0.15, 0.2) is 53.4 Å². The van der Waals surface area contributed by atoms with E-state index in [1.54, 1.807) is 17.0 Å². The van der Waals surface area contributed by atoms with Crippen molar-refractivity contribution < 1.29 is 23.9 Å². The number of hydrogen-bond acceptors (Lipinski definition) is 6. The van der Waals surface area contributed by atoms with Crippen LogP contribution < -0.4 is 9.47 Å². The Bertz CT molecular complexity index is 1060. The van der Waals surface area contributed by atoms with Crippen molar-refractivity contribution in [2.75, 3.05) is 32.8 Å². The van der Waals surface area contributed by atoms with Gasteiger partial charge in [0.25, 0.3) is 11.1 Å². The smallest absolute Gasteiger partial charge is 0.294 e. The summed E-state index contributed by atoms with van der Waals surface area (Å²) in [5.74, 6) is 0.811. The summed E-state index contributed by atoms with van der Waals surface area (Å²) in [6.07, 6.45) is 3.58. The summed E-state index contributed by atoms with van der Waals surface area (Å²) >= 11 is 0.854. The largest absolute Gasteiger partial charge is 0.490 e. The molecule has 2 aromatic rings. The second kappa shape index (κ2) is 10.6. The molecule has 0 unspecified atom stereocenters. The van der Waals surface area contributed by atoms with Crippen LogP contribution in [0.3, 0.4) is 0 Å². The number of rotatable bonds is 8. The zero-order valence-electron chi connectivity index (χ0n) is 18.5. The summed E-state index contributed by atoms with van der Waals surface area (Å²) in [6.45, 7) is 3.96. The Morgan fingerprint density at radius 2 is 1.70 bits per heavy atom. The molecule has 0 radical (unpaired) electrons. The summed E-state index contributed by atoms with van der Waals surface area (Å²) in [5.41, 5.74) is 1.91. The zero-order valence-corrected chi connectivity index (χ0v) is 19.3. The highest BCUT2D eigenvalue weighted by molar-refractivity contribution is 8.18. The Morgan fingerprint density at radius 3 is 2.42 bits per heavy atom. The van der Waals surface area contributed by atoms with Gasteiger partial charge in [0, 0.05) is 13.1 Å². The molecular weight excluding hydrogens is 440 g/mol. The lowest BCUT2D eigenvalue weighted by molar-refractivity contribution is -0.135. The third-order valence-electron chi connectivity index (χ3n) is 5.42. The molecule has 0 saturated carbocycles. The maximum Gasteiger partial charge on any atom is 0.294 e. The number of amides is 3. The van der Waals surface area contributed by atoms with Crippen molar-refractivity contribution in [1.82, 2.24) is 9.80 Å². The molecule has 2 saturated heterocycles. The first-order chi connectivity index (χ1) is 16.0. The Morgan fingerprint density at radius 1 is 1.00 bits per heavy atom. The number of ether oxygens (including phenoxy) is 2. The second-order valence-corrected chi connectivity index (χ2v) is 8.93. The number of aryl methyl sites for hydroxylation is 1. The van der Waals surface area contributed by atoms with Crippen LogP contribution in [0.25, 0.3) is 6.08 Å². The molecule has 8 heteroatoms. The van der Waals surface area contributed by atoms with Gasteiger partial charge in [0.2, 0.25) is 5.91 Å². The fourth-order valence-corrected chi connectivity index (χ4v) is 4.48. The van der Waals surface area contributed by atoms with Gasteiger partial charge in [-0.2, -0.15) is 0 Å². The third kappa shape index (κ3) is 5.96. The molecule has 172 valence electrons. The number of benzene rings is 2. The molecule has 2 aromatic carbocycles. The minimum absolute atomic E-state index is 0.181. The van der Waals surface area contributed by atoms with E-state index in [4.69, 9.17) is 9.47 Å². The first-order valence-corrected chi connectivity index (χ1v) is 11.8. The van der Waals surface area contributed by atoms with E-state index in [9.17, 15) is 14.4 Å². The Labute approximate surface area is 197 Å². The monoisotopic (exact) mass is 466 g/mol. The van der Waals surface area contributed by atoms with Gasteiger partial charge in [-0.15, -0.1) is 0 Å². The quantitative estimate of drug-likeness (QED) is 0.431. The third-order valence-corrected chi connectivity index (χ3v) is 6.33. The van der Waals surface area contributed by atoms with Crippen LogP contribution in [0.5, 0.6) is 11.5 Å². The van der Waals surface area contributed by atoms with Crippen molar-refractivity contribution in [3.05, 3.63) is 64.6 Å². The first kappa shape index (κ1) is 22.9. The summed E-state index contributed by atoms with van der Waals surface area (Å²) in [5, 5.41) is -0.417. The van der Waals surface area contributed by atoms with Crippen molar-refractivity contribution in [2.24, 2.45) is 0 Å². The maximum atomic E-state index is 12.7. The van der Waals surface area contributed by atoms with Gasteiger partial charge < -0.3 is 14.4 Å². The van der Waals surface area contributed by atoms with Crippen LogP contribution in [0.2, 0.25) is 0 Å². The van der Waals surface area contributed by atoms with Gasteiger partial charge in [-0.05, 0) is 67.4 Å². The van der Waals surface area contributed by atoms with E-state index >= 15 is 0 Å². The SMILES string of the molecule is Cc1ccc(OCCOc2cccc(/C=C3\SC(=O)N(CC(=O)N4CCCC4)C3=O)c2)cc1. The summed E-state index contributed by atoms with van der Waals surface area (Å²) < 4.78 is 11.4. The number of carbonyl (C=O) groups excluding carboxylic acids is 3. The molecule has 4 rings (SSSR count). The van der Waals surface area contributed by atoms with Gasteiger partial charge in [-0.25, -0.2) is 0 Å². The van der Waals surface area contributed by atoms with Gasteiger partial charge in [0.1, 0.15) is 31.3 Å². The molecule has 0 N–H and O–H groups in total. The number of likely N-dealkylation sites (tertiary alicyclic amines) is 1. The Hall–Kier alpha value is -3.26. The fraction of sp³-hybridized carbons (Fsp3) is 0.320. The normalized spacial score (nSPS) is 17.2. The van der Waals surface area contributed by atoms with E-state index in [-0.39, 0.29) is 12.5 Å². The molecule has 0 aliphatic carbocycles. The van der Waals surface area contributed by atoms with Crippen LogP contribution in [0.1, 0.15) is 24.0 Å². The molecular formula is C25H26N2O5S. The van der Waals surface area contributed by atoms with E-state index in [2.05, 4.69) is 0 Å². The first-order valence-electron chi connectivity index (χ1n) is 10.9. The molecule has 7 nitrogen and oxygen atoms in total. The number of hydrogen-bond donors (Lipinski definition) is 0. The number of thioether (sulfide) groups is 1. The lowest BCUT2D eigenvalue weighted by Gasteiger charge is -2.18. The van der Waals surface area contributed by atoms with Gasteiger partial charge >= 0.3 is 0 Å². The predicted octanol–water partition coefficient (Wildman–Crippen LogP) is 4.11. The molecule has 3 amide bonds. The van der Waals surface area contributed by atoms with Crippen molar-refractivity contribution >= 4 is 34.9 Å². The van der Waals surface area contributed by atoms with Gasteiger partial charge in [-0.1, -0.05) is 29.8 Å². The standard InChI is InChI=1S/C25H26N2O5S/c1-18-7-9-20(10-8-18)31-13-14-32-21-6-4-5-19(15-21)16-22-24(29)27(25(30)33-22)17-23(28)26-11-2-3-12-26/h4-10,15-16H,2-3,11-14,17H2,1H3/b22-16-. The van der Waals surface area contributed by atoms with E-state index < -0.39 is 11.1 Å². The van der Waals surface area contributed by atoms with Crippen molar-refractivity contribution in [1.29, 1.82) is 0 Å². The van der Waals surface area contributed by atoms with Crippen molar-refractivity contribution in [3.8, 4) is 11.5 Å². The fourth-order valence-electron chi connectivity index (χ4n) is 3.64. The zero-order chi connectivity index (χ0) is 23.2. The van der Waals surface area contributed by atoms with Gasteiger partial charge in [0.05, 0.1) is 4.91 Å². The van der Waals surface area contributed by atoms with Gasteiger partial charge in [-0.3, -0.25) is 19.3 Å². The topological polar surface area (TPSA) is 76.2 Å². The van der Waals surface area contributed by atoms with Crippen molar-refractivity contribution in [2.45, 2.75) is 19.8 Å². The molecule has 33 heavy (non-hydrogen) atoms. The molecule has 0 aromatic heterocycles. The van der Waals surface area contributed by atoms with Crippen LogP contribution in [0, 0.1) is 6.92 Å². The highest BCUT2D eigenvalue weighted by Crippen LogP contribution is 2.32. The summed E-state index contributed by atoms with van der Waals surface area (Å²) in [7, 11) is 0. The molecule has 2 fully saturated rings. The van der Waals surface area contributed by atoms with E-state index in [1.807, 2.05) is 49.4 Å². The Balaban J connectivity index is 1.32. The highest BCUT2D eigenvalue weighted by atomic mass is 32.2. The van der Waals surface area contributed by atoms with Crippen LogP contribution in [-0.4, -0.2) is 59.7 Å². The molecule has 2 heterocycles. The van der Waals surface area contributed by atoms with Gasteiger partial charge in [0.15, 0.2) is 0 Å². The molecule has 2 aliphatic heterocycles. The Kier molecular flexibility index (Phi) is 7.34. The lowest BCUT2D eigenvalue weighted by atomic mass is 10.2. The van der Waals surface area contributed by atoms with Crippen LogP contribution >= 0.6 is 11.8 Å². The lowest BCUT2D eigenvalue weighted by Crippen LogP contribution is -2.40. The minimum atomic E-state index is -0.435. The molecule has 0 bridgehead atoms. The van der Waals surface area contributed by atoms with E-state index in [1.165, 1.54) is 5.56 Å². The molecule has 2 aliphatic rings. The highest BCUT2D eigenvalue weighted by Gasteiger charge is 2.37. The average molecular weight is 467 g/mol. The van der Waals surface area contributed by atoms with E-state index in [0.29, 0.717) is 37.0 Å². The summed E-state index contributed by atoms with van der Waals surface area (Å²) in [6, 6.07) is 15.1. The maximum absolute atomic E-state index is 12.7. The van der Waals surface area contributed by atoms with Crippen LogP contribution in [-0.2, 0) is 9.59 Å². The second-order valence-electron chi connectivity index (χ2n) is 7.94. The van der Waals surface area contributed by atoms with Crippen LogP contribution in [0.4, 0.5) is 4.79 Å². The average Bonchev–Trinajstić information content (AvgIpc) is 3.43. The predicted molar refractivity (Wildman–Crippen MR) is 127 cm³/mol. The number of imide groups is 1. The number of nitrogens with zero attached hydrogens (tertiary/aromatic N) is 2. The number of carbonyl (C=O) groups is 3.